The van der Waals surface area contributed by atoms with Crippen LogP contribution in [0.5, 0.6) is 0 Å². The molecular formula is C17H24N2O2. The molecule has 4 heteroatoms. The minimum atomic E-state index is -0.0641. The summed E-state index contributed by atoms with van der Waals surface area (Å²) in [5.41, 5.74) is 2.53. The highest BCUT2D eigenvalue weighted by Crippen LogP contribution is 2.30. The van der Waals surface area contributed by atoms with E-state index < -0.39 is 0 Å². The maximum absolute atomic E-state index is 12.5. The molecule has 0 bridgehead atoms. The highest BCUT2D eigenvalue weighted by Gasteiger charge is 2.29. The predicted molar refractivity (Wildman–Crippen MR) is 82.1 cm³/mol. The number of amides is 1. The van der Waals surface area contributed by atoms with Crippen LogP contribution in [0.1, 0.15) is 30.1 Å². The molecule has 114 valence electrons. The summed E-state index contributed by atoms with van der Waals surface area (Å²) in [5, 5.41) is 3.20. The number of fused-ring (bicyclic) bond motifs is 1. The Bertz CT molecular complexity index is 503. The van der Waals surface area contributed by atoms with Gasteiger partial charge in [-0.25, -0.2) is 0 Å². The molecule has 0 spiro atoms. The minimum absolute atomic E-state index is 0.0641. The lowest BCUT2D eigenvalue weighted by atomic mass is 9.95. The maximum Gasteiger partial charge on any atom is 0.225 e. The van der Waals surface area contributed by atoms with Gasteiger partial charge in [-0.3, -0.25) is 4.79 Å². The first kappa shape index (κ1) is 14.5. The molecule has 2 heterocycles. The average molecular weight is 288 g/mol. The summed E-state index contributed by atoms with van der Waals surface area (Å²) in [7, 11) is 1.97. The Morgan fingerprint density at radius 1 is 1.43 bits per heavy atom. The van der Waals surface area contributed by atoms with Gasteiger partial charge in [-0.05, 0) is 43.5 Å². The van der Waals surface area contributed by atoms with Crippen molar-refractivity contribution in [1.82, 2.24) is 10.2 Å². The fourth-order valence-corrected chi connectivity index (χ4v) is 3.45. The second kappa shape index (κ2) is 6.58. The third kappa shape index (κ3) is 3.27. The SMILES string of the molecule is CNC[C@H]1CCN(C(=O)C[C@H]2OCCc3ccccc32)C1. The van der Waals surface area contributed by atoms with Gasteiger partial charge in [0.2, 0.25) is 5.91 Å². The molecule has 0 aliphatic carbocycles. The van der Waals surface area contributed by atoms with Gasteiger partial charge in [-0.2, -0.15) is 0 Å². The van der Waals surface area contributed by atoms with E-state index in [0.717, 1.165) is 39.1 Å². The lowest BCUT2D eigenvalue weighted by Gasteiger charge is -2.27. The predicted octanol–water partition coefficient (Wildman–Crippen LogP) is 1.76. The highest BCUT2D eigenvalue weighted by atomic mass is 16.5. The zero-order valence-corrected chi connectivity index (χ0v) is 12.7. The van der Waals surface area contributed by atoms with Gasteiger partial charge in [-0.1, -0.05) is 24.3 Å². The van der Waals surface area contributed by atoms with E-state index in [1.165, 1.54) is 11.1 Å². The number of hydrogen-bond acceptors (Lipinski definition) is 3. The zero-order chi connectivity index (χ0) is 14.7. The number of nitrogens with one attached hydrogen (secondary N) is 1. The van der Waals surface area contributed by atoms with Crippen LogP contribution in [0, 0.1) is 5.92 Å². The molecule has 0 aromatic heterocycles. The van der Waals surface area contributed by atoms with Crippen LogP contribution in [-0.2, 0) is 16.0 Å². The summed E-state index contributed by atoms with van der Waals surface area (Å²) >= 11 is 0. The van der Waals surface area contributed by atoms with E-state index >= 15 is 0 Å². The van der Waals surface area contributed by atoms with E-state index in [2.05, 4.69) is 23.5 Å². The molecule has 1 fully saturated rings. The Labute approximate surface area is 126 Å². The van der Waals surface area contributed by atoms with E-state index in [1.54, 1.807) is 0 Å². The van der Waals surface area contributed by atoms with Gasteiger partial charge >= 0.3 is 0 Å². The molecule has 4 nitrogen and oxygen atoms in total. The molecule has 2 aliphatic rings. The van der Waals surface area contributed by atoms with Crippen LogP contribution in [0.4, 0.5) is 0 Å². The summed E-state index contributed by atoms with van der Waals surface area (Å²) in [6.07, 6.45) is 2.47. The molecule has 1 amide bonds. The smallest absolute Gasteiger partial charge is 0.225 e. The van der Waals surface area contributed by atoms with Gasteiger partial charge in [0.1, 0.15) is 0 Å². The molecule has 2 aliphatic heterocycles. The Morgan fingerprint density at radius 3 is 3.14 bits per heavy atom. The van der Waals surface area contributed by atoms with Crippen molar-refractivity contribution in [2.24, 2.45) is 5.92 Å². The van der Waals surface area contributed by atoms with E-state index in [0.29, 0.717) is 12.3 Å². The largest absolute Gasteiger partial charge is 0.373 e. The van der Waals surface area contributed by atoms with Crippen LogP contribution >= 0.6 is 0 Å². The van der Waals surface area contributed by atoms with Crippen molar-refractivity contribution < 1.29 is 9.53 Å². The first-order valence-corrected chi connectivity index (χ1v) is 7.89. The fourth-order valence-electron chi connectivity index (χ4n) is 3.45. The van der Waals surface area contributed by atoms with E-state index in [1.807, 2.05) is 18.0 Å². The molecule has 2 atom stereocenters. The summed E-state index contributed by atoms with van der Waals surface area (Å²) in [6, 6.07) is 8.34. The average Bonchev–Trinajstić information content (AvgIpc) is 2.97. The van der Waals surface area contributed by atoms with Crippen molar-refractivity contribution in [1.29, 1.82) is 0 Å². The van der Waals surface area contributed by atoms with E-state index in [9.17, 15) is 4.79 Å². The van der Waals surface area contributed by atoms with Crippen LogP contribution in [0.15, 0.2) is 24.3 Å². The summed E-state index contributed by atoms with van der Waals surface area (Å²) in [4.78, 5) is 14.5. The first-order chi connectivity index (χ1) is 10.3. The van der Waals surface area contributed by atoms with Crippen molar-refractivity contribution in [3.63, 3.8) is 0 Å². The van der Waals surface area contributed by atoms with Crippen molar-refractivity contribution in [3.8, 4) is 0 Å². The van der Waals surface area contributed by atoms with Crippen molar-refractivity contribution in [2.45, 2.75) is 25.4 Å². The quantitative estimate of drug-likeness (QED) is 0.918. The van der Waals surface area contributed by atoms with Gasteiger partial charge in [0, 0.05) is 13.1 Å². The third-order valence-corrected chi connectivity index (χ3v) is 4.58. The van der Waals surface area contributed by atoms with Crippen LogP contribution in [0.25, 0.3) is 0 Å². The number of carbonyl (C=O) groups excluding carboxylic acids is 1. The molecule has 3 rings (SSSR count). The first-order valence-electron chi connectivity index (χ1n) is 7.89. The van der Waals surface area contributed by atoms with Gasteiger partial charge in [0.05, 0.1) is 19.1 Å². The number of likely N-dealkylation sites (tertiary alicyclic amines) is 1. The van der Waals surface area contributed by atoms with Gasteiger partial charge in [0.15, 0.2) is 0 Å². The third-order valence-electron chi connectivity index (χ3n) is 4.58. The van der Waals surface area contributed by atoms with Gasteiger partial charge in [-0.15, -0.1) is 0 Å². The number of hydrogen-bond donors (Lipinski definition) is 1. The Kier molecular flexibility index (Phi) is 4.56. The maximum atomic E-state index is 12.5. The van der Waals surface area contributed by atoms with Crippen molar-refractivity contribution in [2.75, 3.05) is 33.3 Å². The van der Waals surface area contributed by atoms with Crippen LogP contribution in [0.2, 0.25) is 0 Å². The standard InChI is InChI=1S/C17H24N2O2/c1-18-11-13-6-8-19(12-13)17(20)10-16-15-5-3-2-4-14(15)7-9-21-16/h2-5,13,16,18H,6-12H2,1H3/t13-,16-/m1/s1. The Balaban J connectivity index is 1.61. The Hall–Kier alpha value is -1.39. The molecular weight excluding hydrogens is 264 g/mol. The summed E-state index contributed by atoms with van der Waals surface area (Å²) in [6.45, 7) is 3.48. The summed E-state index contributed by atoms with van der Waals surface area (Å²) < 4.78 is 5.85. The second-order valence-electron chi connectivity index (χ2n) is 6.06. The van der Waals surface area contributed by atoms with Crippen LogP contribution in [0.3, 0.4) is 0 Å². The zero-order valence-electron chi connectivity index (χ0n) is 12.7. The highest BCUT2D eigenvalue weighted by molar-refractivity contribution is 5.77. The molecule has 1 aromatic rings. The molecule has 0 saturated carbocycles. The van der Waals surface area contributed by atoms with Crippen molar-refractivity contribution >= 4 is 5.91 Å². The van der Waals surface area contributed by atoms with E-state index in [4.69, 9.17) is 4.74 Å². The normalized spacial score (nSPS) is 24.9. The number of ether oxygens (including phenoxy) is 1. The topological polar surface area (TPSA) is 41.6 Å². The van der Waals surface area contributed by atoms with Crippen LogP contribution in [-0.4, -0.2) is 44.1 Å². The summed E-state index contributed by atoms with van der Waals surface area (Å²) in [5.74, 6) is 0.828. The minimum Gasteiger partial charge on any atom is -0.373 e. The molecule has 1 aromatic carbocycles. The van der Waals surface area contributed by atoms with Gasteiger partial charge < -0.3 is 15.0 Å². The fraction of sp³-hybridized carbons (Fsp3) is 0.588. The second-order valence-corrected chi connectivity index (χ2v) is 6.06. The van der Waals surface area contributed by atoms with E-state index in [-0.39, 0.29) is 12.0 Å². The van der Waals surface area contributed by atoms with Crippen molar-refractivity contribution in [3.05, 3.63) is 35.4 Å². The molecule has 0 unspecified atom stereocenters. The number of benzene rings is 1. The molecule has 1 N–H and O–H groups in total. The Morgan fingerprint density at radius 2 is 2.29 bits per heavy atom. The lowest BCUT2D eigenvalue weighted by molar-refractivity contribution is -0.133. The molecule has 0 radical (unpaired) electrons. The molecule has 1 saturated heterocycles. The lowest BCUT2D eigenvalue weighted by Crippen LogP contribution is -2.32. The number of nitrogens with zero attached hydrogens (tertiary/aromatic N) is 1. The monoisotopic (exact) mass is 288 g/mol. The number of rotatable bonds is 4. The number of carbonyl (C=O) groups is 1. The molecule has 21 heavy (non-hydrogen) atoms. The van der Waals surface area contributed by atoms with Crippen LogP contribution < -0.4 is 5.32 Å². The van der Waals surface area contributed by atoms with Gasteiger partial charge in [0.25, 0.3) is 0 Å².